The molecule has 0 aliphatic carbocycles. The molecule has 1 unspecified atom stereocenters. The molecule has 6 heteroatoms. The Morgan fingerprint density at radius 3 is 2.79 bits per heavy atom. The molecule has 1 aliphatic rings. The van der Waals surface area contributed by atoms with Crippen LogP contribution in [-0.4, -0.2) is 25.3 Å². The summed E-state index contributed by atoms with van der Waals surface area (Å²) in [6.45, 7) is 1.87. The quantitative estimate of drug-likeness (QED) is 0.755. The number of rotatable bonds is 7. The van der Waals surface area contributed by atoms with Crippen molar-refractivity contribution in [1.29, 1.82) is 0 Å². The maximum absolute atomic E-state index is 13.9. The lowest BCUT2D eigenvalue weighted by molar-refractivity contribution is -0.115. The summed E-state index contributed by atoms with van der Waals surface area (Å²) in [5.41, 5.74) is 2.06. The van der Waals surface area contributed by atoms with Crippen LogP contribution in [0.15, 0.2) is 42.5 Å². The predicted octanol–water partition coefficient (Wildman–Crippen LogP) is 3.35. The molecule has 0 aromatic heterocycles. The third-order valence-electron chi connectivity index (χ3n) is 3.85. The Morgan fingerprint density at radius 2 is 2.04 bits per heavy atom. The predicted molar refractivity (Wildman–Crippen MR) is 94.9 cm³/mol. The number of amides is 1. The minimum Gasteiger partial charge on any atom is -0.492 e. The van der Waals surface area contributed by atoms with Crippen molar-refractivity contribution in [3.63, 3.8) is 0 Å². The Bertz CT molecular complexity index is 724. The van der Waals surface area contributed by atoms with Crippen molar-refractivity contribution < 1.29 is 13.9 Å². The number of halogens is 1. The molecule has 2 aromatic rings. The van der Waals surface area contributed by atoms with Gasteiger partial charge in [0.25, 0.3) is 0 Å². The van der Waals surface area contributed by atoms with Gasteiger partial charge in [0.1, 0.15) is 23.4 Å². The van der Waals surface area contributed by atoms with E-state index in [1.54, 1.807) is 6.07 Å². The number of benzene rings is 2. The lowest BCUT2D eigenvalue weighted by atomic mass is 10.1. The van der Waals surface area contributed by atoms with Gasteiger partial charge in [-0.05, 0) is 24.0 Å². The Labute approximate surface area is 144 Å². The number of fused-ring (bicyclic) bond motifs is 1. The van der Waals surface area contributed by atoms with E-state index in [2.05, 4.69) is 22.8 Å². The lowest BCUT2D eigenvalue weighted by Gasteiger charge is -2.14. The van der Waals surface area contributed by atoms with E-state index in [0.717, 1.165) is 6.54 Å². The van der Waals surface area contributed by atoms with E-state index >= 15 is 0 Å². The van der Waals surface area contributed by atoms with Crippen molar-refractivity contribution in [1.82, 2.24) is 5.32 Å². The first-order valence-corrected chi connectivity index (χ1v) is 9.03. The first-order valence-electron chi connectivity index (χ1n) is 7.74. The average Bonchev–Trinajstić information content (AvgIpc) is 2.94. The van der Waals surface area contributed by atoms with Gasteiger partial charge in [-0.3, -0.25) is 4.79 Å². The van der Waals surface area contributed by atoms with Gasteiger partial charge in [-0.1, -0.05) is 30.3 Å². The smallest absolute Gasteiger partial charge is 0.242 e. The van der Waals surface area contributed by atoms with Crippen LogP contribution in [0, 0.1) is 5.82 Å². The zero-order chi connectivity index (χ0) is 16.9. The van der Waals surface area contributed by atoms with Crippen LogP contribution in [0.3, 0.4) is 0 Å². The summed E-state index contributed by atoms with van der Waals surface area (Å²) in [7, 11) is 0. The minimum absolute atomic E-state index is 0.199. The Morgan fingerprint density at radius 1 is 1.25 bits per heavy atom. The molecular weight excluding hydrogens is 327 g/mol. The Balaban J connectivity index is 1.58. The number of hydrogen-bond acceptors (Lipinski definition) is 4. The fraction of sp³-hybridized carbons (Fsp3) is 0.278. The highest BCUT2D eigenvalue weighted by molar-refractivity contribution is 7.99. The molecule has 3 rings (SSSR count). The Kier molecular flexibility index (Phi) is 5.37. The summed E-state index contributed by atoms with van der Waals surface area (Å²) in [5.74, 6) is -0.0651. The molecule has 2 aromatic carbocycles. The monoisotopic (exact) mass is 346 g/mol. The molecule has 1 atom stereocenters. The molecule has 0 saturated heterocycles. The summed E-state index contributed by atoms with van der Waals surface area (Å²) >= 11 is 1.37. The van der Waals surface area contributed by atoms with Gasteiger partial charge < -0.3 is 15.4 Å². The van der Waals surface area contributed by atoms with Crippen molar-refractivity contribution in [2.24, 2.45) is 0 Å². The number of carbonyl (C=O) groups excluding carboxylic acids is 1. The van der Waals surface area contributed by atoms with E-state index in [9.17, 15) is 9.18 Å². The molecule has 0 spiro atoms. The van der Waals surface area contributed by atoms with Gasteiger partial charge in [-0.2, -0.15) is 0 Å². The van der Waals surface area contributed by atoms with Crippen molar-refractivity contribution in [3.8, 4) is 5.75 Å². The van der Waals surface area contributed by atoms with Crippen molar-refractivity contribution in [2.75, 3.05) is 24.7 Å². The van der Waals surface area contributed by atoms with Crippen LogP contribution < -0.4 is 15.4 Å². The summed E-state index contributed by atoms with van der Waals surface area (Å²) in [5, 5.41) is 5.47. The van der Waals surface area contributed by atoms with Crippen LogP contribution in [-0.2, 0) is 11.3 Å². The Hall–Kier alpha value is -2.05. The van der Waals surface area contributed by atoms with Crippen LogP contribution in [0.5, 0.6) is 5.75 Å². The van der Waals surface area contributed by atoms with Crippen molar-refractivity contribution >= 4 is 23.4 Å². The second-order valence-electron chi connectivity index (χ2n) is 5.45. The number of hydrogen-bond donors (Lipinski definition) is 2. The zero-order valence-electron chi connectivity index (χ0n) is 13.3. The summed E-state index contributed by atoms with van der Waals surface area (Å²) in [6.07, 6.45) is 1.83. The molecule has 1 heterocycles. The normalized spacial score (nSPS) is 15.9. The minimum atomic E-state index is -0.428. The van der Waals surface area contributed by atoms with E-state index in [4.69, 9.17) is 4.74 Å². The van der Waals surface area contributed by atoms with E-state index in [-0.39, 0.29) is 11.6 Å². The van der Waals surface area contributed by atoms with Gasteiger partial charge in [0.2, 0.25) is 5.91 Å². The first-order chi connectivity index (χ1) is 11.7. The number of carbonyl (C=O) groups is 1. The maximum atomic E-state index is 13.9. The van der Waals surface area contributed by atoms with Crippen molar-refractivity contribution in [3.05, 3.63) is 59.4 Å². The van der Waals surface area contributed by atoms with Crippen LogP contribution >= 0.6 is 11.8 Å². The topological polar surface area (TPSA) is 50.4 Å². The van der Waals surface area contributed by atoms with Gasteiger partial charge in [0.15, 0.2) is 0 Å². The molecular formula is C18H19FN2O2S. The lowest BCUT2D eigenvalue weighted by Crippen LogP contribution is -2.20. The molecule has 24 heavy (non-hydrogen) atoms. The number of thioether (sulfide) groups is 1. The average molecular weight is 346 g/mol. The number of ether oxygens (including phenoxy) is 1. The van der Waals surface area contributed by atoms with Gasteiger partial charge in [0, 0.05) is 18.7 Å². The summed E-state index contributed by atoms with van der Waals surface area (Å²) in [4.78, 5) is 11.9. The molecule has 4 nitrogen and oxygen atoms in total. The molecule has 126 valence electrons. The van der Waals surface area contributed by atoms with Gasteiger partial charge in [0.05, 0.1) is 5.69 Å². The highest BCUT2D eigenvalue weighted by atomic mass is 32.2. The largest absolute Gasteiger partial charge is 0.492 e. The molecule has 1 amide bonds. The zero-order valence-corrected chi connectivity index (χ0v) is 14.2. The van der Waals surface area contributed by atoms with Gasteiger partial charge in [-0.25, -0.2) is 4.39 Å². The summed E-state index contributed by atoms with van der Waals surface area (Å²) < 4.78 is 19.7. The number of anilines is 1. The third-order valence-corrected chi connectivity index (χ3v) is 4.77. The van der Waals surface area contributed by atoms with Crippen LogP contribution in [0.2, 0.25) is 0 Å². The van der Waals surface area contributed by atoms with Gasteiger partial charge in [-0.15, -0.1) is 11.8 Å². The summed E-state index contributed by atoms with van der Waals surface area (Å²) in [6, 6.07) is 13.0. The number of nitrogens with one attached hydrogen (secondary N) is 2. The molecule has 0 saturated carbocycles. The fourth-order valence-corrected chi connectivity index (χ4v) is 3.44. The van der Waals surface area contributed by atoms with Crippen LogP contribution in [0.4, 0.5) is 10.1 Å². The highest BCUT2D eigenvalue weighted by Gasteiger charge is 2.35. The second kappa shape index (κ2) is 7.68. The van der Waals surface area contributed by atoms with Crippen molar-refractivity contribution in [2.45, 2.75) is 11.8 Å². The van der Waals surface area contributed by atoms with Crippen LogP contribution in [0.1, 0.15) is 16.4 Å². The van der Waals surface area contributed by atoms with E-state index in [1.165, 1.54) is 23.4 Å². The fourth-order valence-electron chi connectivity index (χ4n) is 2.69. The maximum Gasteiger partial charge on any atom is 0.242 e. The molecule has 0 fully saturated rings. The van der Waals surface area contributed by atoms with Gasteiger partial charge >= 0.3 is 0 Å². The second-order valence-corrected chi connectivity index (χ2v) is 6.39. The molecule has 2 N–H and O–H groups in total. The highest BCUT2D eigenvalue weighted by Crippen LogP contribution is 2.45. The van der Waals surface area contributed by atoms with E-state index in [0.29, 0.717) is 24.5 Å². The first kappa shape index (κ1) is 16.8. The SMILES string of the molecule is CSC1C(=O)Nc2c(F)ccc(OCCNCc3ccccc3)c21. The molecule has 0 bridgehead atoms. The van der Waals surface area contributed by atoms with E-state index in [1.807, 2.05) is 24.5 Å². The molecule has 0 radical (unpaired) electrons. The third kappa shape index (κ3) is 3.55. The van der Waals surface area contributed by atoms with E-state index < -0.39 is 11.1 Å². The van der Waals surface area contributed by atoms with Crippen LogP contribution in [0.25, 0.3) is 0 Å². The standard InChI is InChI=1S/C18H19FN2O2S/c1-24-17-15-14(8-7-13(19)16(15)21-18(17)22)23-10-9-20-11-12-5-3-2-4-6-12/h2-8,17,20H,9-11H2,1H3,(H,21,22). The molecule has 1 aliphatic heterocycles.